The summed E-state index contributed by atoms with van der Waals surface area (Å²) in [7, 11) is 2.05. The Balaban J connectivity index is 2.23. The quantitative estimate of drug-likeness (QED) is 0.840. The van der Waals surface area contributed by atoms with E-state index in [2.05, 4.69) is 43.6 Å². The van der Waals surface area contributed by atoms with Gasteiger partial charge in [0.15, 0.2) is 0 Å². The van der Waals surface area contributed by atoms with Crippen LogP contribution in [0.2, 0.25) is 0 Å². The van der Waals surface area contributed by atoms with E-state index in [1.54, 1.807) is 0 Å². The van der Waals surface area contributed by atoms with Gasteiger partial charge >= 0.3 is 0 Å². The molecule has 0 spiro atoms. The molecular weight excluding hydrogens is 198 g/mol. The Morgan fingerprint density at radius 3 is 3.00 bits per heavy atom. The Morgan fingerprint density at radius 1 is 1.44 bits per heavy atom. The predicted octanol–water partition coefficient (Wildman–Crippen LogP) is 2.69. The molecule has 88 valence electrons. The summed E-state index contributed by atoms with van der Waals surface area (Å²) in [5.41, 5.74) is 2.83. The monoisotopic (exact) mass is 219 g/mol. The minimum absolute atomic E-state index is 0.509. The van der Waals surface area contributed by atoms with Gasteiger partial charge in [0.2, 0.25) is 0 Å². The maximum atomic E-state index is 5.70. The van der Waals surface area contributed by atoms with E-state index in [1.165, 1.54) is 24.0 Å². The van der Waals surface area contributed by atoms with Gasteiger partial charge in [-0.15, -0.1) is 0 Å². The second kappa shape index (κ2) is 5.46. The number of nitrogens with one attached hydrogen (secondary N) is 1. The molecule has 0 saturated heterocycles. The molecule has 0 radical (unpaired) electrons. The Kier molecular flexibility index (Phi) is 3.97. The molecular formula is C14H21NO. The van der Waals surface area contributed by atoms with E-state index in [9.17, 15) is 0 Å². The minimum Gasteiger partial charge on any atom is -0.376 e. The summed E-state index contributed by atoms with van der Waals surface area (Å²) < 4.78 is 5.70. The zero-order chi connectivity index (χ0) is 11.4. The molecule has 0 bridgehead atoms. The largest absolute Gasteiger partial charge is 0.376 e. The Bertz CT molecular complexity index is 337. The molecule has 16 heavy (non-hydrogen) atoms. The van der Waals surface area contributed by atoms with Crippen LogP contribution in [0, 0.1) is 0 Å². The number of benzene rings is 1. The molecule has 0 fully saturated rings. The van der Waals surface area contributed by atoms with Gasteiger partial charge < -0.3 is 10.1 Å². The average molecular weight is 219 g/mol. The van der Waals surface area contributed by atoms with Crippen LogP contribution in [-0.2, 0) is 11.3 Å². The fourth-order valence-corrected chi connectivity index (χ4v) is 2.60. The standard InChI is InChI=1S/C14H21NO/c1-3-6-14(15-2)13-10-16-9-11-7-4-5-8-12(11)13/h4-5,7-8,13-15H,3,6,9-10H2,1-2H3. The van der Waals surface area contributed by atoms with Crippen LogP contribution in [0.4, 0.5) is 0 Å². The first-order valence-electron chi connectivity index (χ1n) is 6.19. The van der Waals surface area contributed by atoms with Crippen LogP contribution in [0.5, 0.6) is 0 Å². The maximum absolute atomic E-state index is 5.70. The van der Waals surface area contributed by atoms with Crippen molar-refractivity contribution in [3.05, 3.63) is 35.4 Å². The first-order chi connectivity index (χ1) is 7.86. The first kappa shape index (κ1) is 11.6. The zero-order valence-corrected chi connectivity index (χ0v) is 10.2. The van der Waals surface area contributed by atoms with E-state index >= 15 is 0 Å². The summed E-state index contributed by atoms with van der Waals surface area (Å²) in [5.74, 6) is 0.509. The van der Waals surface area contributed by atoms with E-state index in [0.29, 0.717) is 12.0 Å². The van der Waals surface area contributed by atoms with Gasteiger partial charge in [0.05, 0.1) is 13.2 Å². The number of ether oxygens (including phenoxy) is 1. The summed E-state index contributed by atoms with van der Waals surface area (Å²) in [6.07, 6.45) is 2.42. The number of rotatable bonds is 4. The highest BCUT2D eigenvalue weighted by Crippen LogP contribution is 2.30. The molecule has 1 aromatic carbocycles. The normalized spacial score (nSPS) is 21.5. The van der Waals surface area contributed by atoms with Crippen LogP contribution in [0.25, 0.3) is 0 Å². The predicted molar refractivity (Wildman–Crippen MR) is 66.6 cm³/mol. The van der Waals surface area contributed by atoms with Crippen molar-refractivity contribution in [3.63, 3.8) is 0 Å². The third kappa shape index (κ3) is 2.28. The van der Waals surface area contributed by atoms with Gasteiger partial charge in [-0.05, 0) is 24.6 Å². The van der Waals surface area contributed by atoms with Crippen LogP contribution in [0.15, 0.2) is 24.3 Å². The van der Waals surface area contributed by atoms with E-state index in [1.807, 2.05) is 0 Å². The van der Waals surface area contributed by atoms with Gasteiger partial charge in [0, 0.05) is 12.0 Å². The van der Waals surface area contributed by atoms with Gasteiger partial charge in [-0.2, -0.15) is 0 Å². The number of hydrogen-bond donors (Lipinski definition) is 1. The summed E-state index contributed by atoms with van der Waals surface area (Å²) in [6, 6.07) is 9.20. The lowest BCUT2D eigenvalue weighted by Crippen LogP contribution is -2.36. The first-order valence-corrected chi connectivity index (χ1v) is 6.19. The van der Waals surface area contributed by atoms with Crippen molar-refractivity contribution in [2.75, 3.05) is 13.7 Å². The summed E-state index contributed by atoms with van der Waals surface area (Å²) in [4.78, 5) is 0. The Morgan fingerprint density at radius 2 is 2.25 bits per heavy atom. The second-order valence-electron chi connectivity index (χ2n) is 4.50. The average Bonchev–Trinajstić information content (AvgIpc) is 2.35. The van der Waals surface area contributed by atoms with Crippen molar-refractivity contribution in [2.45, 2.75) is 38.3 Å². The van der Waals surface area contributed by atoms with Gasteiger partial charge in [0.25, 0.3) is 0 Å². The molecule has 0 amide bonds. The van der Waals surface area contributed by atoms with Crippen LogP contribution in [-0.4, -0.2) is 19.7 Å². The highest BCUT2D eigenvalue weighted by atomic mass is 16.5. The molecule has 2 heteroatoms. The summed E-state index contributed by atoms with van der Waals surface area (Å²) in [5, 5.41) is 3.43. The molecule has 2 nitrogen and oxygen atoms in total. The van der Waals surface area contributed by atoms with Crippen molar-refractivity contribution in [2.24, 2.45) is 0 Å². The highest BCUT2D eigenvalue weighted by molar-refractivity contribution is 5.32. The second-order valence-corrected chi connectivity index (χ2v) is 4.50. The molecule has 0 saturated carbocycles. The zero-order valence-electron chi connectivity index (χ0n) is 10.2. The van der Waals surface area contributed by atoms with Gasteiger partial charge in [0.1, 0.15) is 0 Å². The molecule has 1 heterocycles. The van der Waals surface area contributed by atoms with Crippen molar-refractivity contribution >= 4 is 0 Å². The minimum atomic E-state index is 0.509. The Hall–Kier alpha value is -0.860. The van der Waals surface area contributed by atoms with E-state index < -0.39 is 0 Å². The Labute approximate surface area is 98.0 Å². The van der Waals surface area contributed by atoms with Crippen molar-refractivity contribution in [1.82, 2.24) is 5.32 Å². The molecule has 1 N–H and O–H groups in total. The van der Waals surface area contributed by atoms with Crippen LogP contribution in [0.3, 0.4) is 0 Å². The fraction of sp³-hybridized carbons (Fsp3) is 0.571. The highest BCUT2D eigenvalue weighted by Gasteiger charge is 2.26. The van der Waals surface area contributed by atoms with Gasteiger partial charge in [-0.25, -0.2) is 0 Å². The lowest BCUT2D eigenvalue weighted by molar-refractivity contribution is 0.0800. The van der Waals surface area contributed by atoms with Gasteiger partial charge in [-0.1, -0.05) is 37.6 Å². The summed E-state index contributed by atoms with van der Waals surface area (Å²) >= 11 is 0. The SMILES string of the molecule is CCCC(NC)C1COCc2ccccc21. The lowest BCUT2D eigenvalue weighted by Gasteiger charge is -2.32. The van der Waals surface area contributed by atoms with E-state index in [-0.39, 0.29) is 0 Å². The molecule has 1 aromatic rings. The van der Waals surface area contributed by atoms with Crippen molar-refractivity contribution in [1.29, 1.82) is 0 Å². The van der Waals surface area contributed by atoms with Gasteiger partial charge in [-0.3, -0.25) is 0 Å². The molecule has 1 aliphatic rings. The fourth-order valence-electron chi connectivity index (χ4n) is 2.60. The number of fused-ring (bicyclic) bond motifs is 1. The van der Waals surface area contributed by atoms with Crippen LogP contribution in [0.1, 0.15) is 36.8 Å². The topological polar surface area (TPSA) is 21.3 Å². The van der Waals surface area contributed by atoms with Crippen LogP contribution >= 0.6 is 0 Å². The summed E-state index contributed by atoms with van der Waals surface area (Å²) in [6.45, 7) is 3.86. The number of likely N-dealkylation sites (N-methyl/N-ethyl adjacent to an activating group) is 1. The molecule has 2 atom stereocenters. The van der Waals surface area contributed by atoms with E-state index in [4.69, 9.17) is 4.74 Å². The molecule has 0 aromatic heterocycles. The van der Waals surface area contributed by atoms with Crippen molar-refractivity contribution in [3.8, 4) is 0 Å². The molecule has 2 rings (SSSR count). The van der Waals surface area contributed by atoms with Crippen LogP contribution < -0.4 is 5.32 Å². The smallest absolute Gasteiger partial charge is 0.0719 e. The number of hydrogen-bond acceptors (Lipinski definition) is 2. The van der Waals surface area contributed by atoms with E-state index in [0.717, 1.165) is 13.2 Å². The molecule has 0 aliphatic carbocycles. The maximum Gasteiger partial charge on any atom is 0.0719 e. The lowest BCUT2D eigenvalue weighted by atomic mass is 9.85. The third-order valence-electron chi connectivity index (χ3n) is 3.47. The molecule has 1 aliphatic heterocycles. The van der Waals surface area contributed by atoms with Crippen molar-refractivity contribution < 1.29 is 4.74 Å². The third-order valence-corrected chi connectivity index (χ3v) is 3.47. The molecule has 2 unspecified atom stereocenters.